The monoisotopic (exact) mass is 355 g/mol. The van der Waals surface area contributed by atoms with Crippen molar-refractivity contribution in [3.63, 3.8) is 0 Å². The highest BCUT2D eigenvalue weighted by Crippen LogP contribution is 2.44. The van der Waals surface area contributed by atoms with Gasteiger partial charge in [-0.25, -0.2) is 0 Å². The number of carbonyl (C=O) groups is 2. The summed E-state index contributed by atoms with van der Waals surface area (Å²) >= 11 is 0. The van der Waals surface area contributed by atoms with Crippen LogP contribution in [0, 0.1) is 26.9 Å². The van der Waals surface area contributed by atoms with Crippen LogP contribution in [-0.4, -0.2) is 35.6 Å². The van der Waals surface area contributed by atoms with E-state index < -0.39 is 10.3 Å². The first-order valence-corrected chi connectivity index (χ1v) is 8.36. The average molecular weight is 355 g/mol. The first kappa shape index (κ1) is 19.3. The van der Waals surface area contributed by atoms with E-state index in [2.05, 4.69) is 6.07 Å². The summed E-state index contributed by atoms with van der Waals surface area (Å²) in [6, 6.07) is 8.20. The number of nitrogens with zero attached hydrogens (tertiary/aromatic N) is 3. The van der Waals surface area contributed by atoms with Crippen LogP contribution in [-0.2, 0) is 9.59 Å². The van der Waals surface area contributed by atoms with E-state index in [0.29, 0.717) is 12.8 Å². The molecule has 0 saturated heterocycles. The number of ketones is 1. The highest BCUT2D eigenvalue weighted by molar-refractivity contribution is 6.22. The molecular formula is C19H21N3O4. The van der Waals surface area contributed by atoms with Gasteiger partial charge in [-0.05, 0) is 24.3 Å². The predicted molar refractivity (Wildman–Crippen MR) is 95.9 cm³/mol. The standard InChI is InChI=1S/C19H21N3O4/c1-21(2)18(24)13-19(9-5-11-20)10-8-17(23)15(12-19)14-6-3-4-7-16(14)22(25)26/h3-4,6-7,12H,5,8-10,13H2,1-2H3. The number of Topliss-reactive ketones (excluding diaryl/α,β-unsaturated/α-hetero) is 1. The molecule has 2 rings (SSSR count). The average Bonchev–Trinajstić information content (AvgIpc) is 2.62. The van der Waals surface area contributed by atoms with Gasteiger partial charge in [0, 0.05) is 45.0 Å². The Bertz CT molecular complexity index is 807. The molecule has 0 spiro atoms. The number of carbonyl (C=O) groups excluding carboxylic acids is 2. The minimum Gasteiger partial charge on any atom is -0.349 e. The summed E-state index contributed by atoms with van der Waals surface area (Å²) in [5.41, 5.74) is -0.250. The summed E-state index contributed by atoms with van der Waals surface area (Å²) in [5.74, 6) is -0.278. The van der Waals surface area contributed by atoms with Gasteiger partial charge < -0.3 is 4.90 Å². The molecule has 7 heteroatoms. The maximum Gasteiger partial charge on any atom is 0.277 e. The van der Waals surface area contributed by atoms with Gasteiger partial charge in [-0.3, -0.25) is 19.7 Å². The Morgan fingerprint density at radius 3 is 2.69 bits per heavy atom. The van der Waals surface area contributed by atoms with E-state index >= 15 is 0 Å². The predicted octanol–water partition coefficient (Wildman–Crippen LogP) is 3.11. The van der Waals surface area contributed by atoms with Crippen LogP contribution < -0.4 is 0 Å². The molecule has 1 aromatic carbocycles. The number of benzene rings is 1. The Hall–Kier alpha value is -3.01. The first-order valence-electron chi connectivity index (χ1n) is 8.36. The summed E-state index contributed by atoms with van der Waals surface area (Å²) in [4.78, 5) is 37.1. The van der Waals surface area contributed by atoms with Crippen molar-refractivity contribution in [2.24, 2.45) is 5.41 Å². The van der Waals surface area contributed by atoms with Gasteiger partial charge in [-0.1, -0.05) is 18.2 Å². The molecule has 26 heavy (non-hydrogen) atoms. The van der Waals surface area contributed by atoms with Gasteiger partial charge in [0.05, 0.1) is 16.6 Å². The second-order valence-corrected chi connectivity index (χ2v) is 6.74. The molecule has 1 aliphatic rings. The minimum atomic E-state index is -0.649. The molecule has 0 bridgehead atoms. The summed E-state index contributed by atoms with van der Waals surface area (Å²) < 4.78 is 0. The summed E-state index contributed by atoms with van der Waals surface area (Å²) in [6.07, 6.45) is 3.19. The Morgan fingerprint density at radius 1 is 1.38 bits per heavy atom. The number of para-hydroxylation sites is 1. The summed E-state index contributed by atoms with van der Waals surface area (Å²) in [5, 5.41) is 20.3. The normalized spacial score (nSPS) is 19.4. The van der Waals surface area contributed by atoms with Crippen molar-refractivity contribution in [1.82, 2.24) is 4.90 Å². The van der Waals surface area contributed by atoms with Gasteiger partial charge in [0.2, 0.25) is 5.91 Å². The smallest absolute Gasteiger partial charge is 0.277 e. The van der Waals surface area contributed by atoms with Crippen LogP contribution in [0.2, 0.25) is 0 Å². The van der Waals surface area contributed by atoms with Crippen LogP contribution in [0.25, 0.3) is 5.57 Å². The lowest BCUT2D eigenvalue weighted by atomic mass is 9.69. The lowest BCUT2D eigenvalue weighted by Crippen LogP contribution is -2.33. The molecular weight excluding hydrogens is 334 g/mol. The molecule has 1 unspecified atom stereocenters. The summed E-state index contributed by atoms with van der Waals surface area (Å²) in [6.45, 7) is 0. The zero-order valence-electron chi connectivity index (χ0n) is 14.9. The second kappa shape index (κ2) is 7.91. The van der Waals surface area contributed by atoms with E-state index in [1.165, 1.54) is 11.0 Å². The van der Waals surface area contributed by atoms with Gasteiger partial charge in [0.25, 0.3) is 5.69 Å². The van der Waals surface area contributed by atoms with E-state index in [9.17, 15) is 19.7 Å². The Kier molecular flexibility index (Phi) is 5.88. The molecule has 0 saturated carbocycles. The summed E-state index contributed by atoms with van der Waals surface area (Å²) in [7, 11) is 3.31. The molecule has 0 heterocycles. The van der Waals surface area contributed by atoms with Crippen molar-refractivity contribution in [3.05, 3.63) is 46.0 Å². The van der Waals surface area contributed by atoms with Gasteiger partial charge in [-0.15, -0.1) is 0 Å². The van der Waals surface area contributed by atoms with Crippen molar-refractivity contribution in [2.45, 2.75) is 32.1 Å². The fourth-order valence-electron chi connectivity index (χ4n) is 3.23. The van der Waals surface area contributed by atoms with Crippen LogP contribution in [0.15, 0.2) is 30.3 Å². The third kappa shape index (κ3) is 4.14. The molecule has 0 aliphatic heterocycles. The van der Waals surface area contributed by atoms with Crippen molar-refractivity contribution in [2.75, 3.05) is 14.1 Å². The number of hydrogen-bond donors (Lipinski definition) is 0. The van der Waals surface area contributed by atoms with E-state index in [-0.39, 0.29) is 47.8 Å². The van der Waals surface area contributed by atoms with Crippen LogP contribution in [0.5, 0.6) is 0 Å². The Labute approximate surface area is 152 Å². The number of hydrogen-bond acceptors (Lipinski definition) is 5. The molecule has 0 fully saturated rings. The van der Waals surface area contributed by atoms with Crippen LogP contribution in [0.4, 0.5) is 5.69 Å². The highest BCUT2D eigenvalue weighted by atomic mass is 16.6. The number of allylic oxidation sites excluding steroid dienone is 2. The van der Waals surface area contributed by atoms with Gasteiger partial charge in [0.15, 0.2) is 5.78 Å². The minimum absolute atomic E-state index is 0.101. The van der Waals surface area contributed by atoms with Gasteiger partial charge >= 0.3 is 0 Å². The fourth-order valence-corrected chi connectivity index (χ4v) is 3.23. The van der Waals surface area contributed by atoms with Crippen molar-refractivity contribution in [1.29, 1.82) is 5.26 Å². The number of nitro groups is 1. The van der Waals surface area contributed by atoms with Crippen molar-refractivity contribution < 1.29 is 14.5 Å². The molecule has 0 aromatic heterocycles. The maximum absolute atomic E-state index is 12.5. The van der Waals surface area contributed by atoms with E-state index in [1.807, 2.05) is 0 Å². The SMILES string of the molecule is CN(C)C(=O)CC1(CCC#N)C=C(c2ccccc2[N+](=O)[O-])C(=O)CC1. The molecule has 7 nitrogen and oxygen atoms in total. The molecule has 136 valence electrons. The maximum atomic E-state index is 12.5. The lowest BCUT2D eigenvalue weighted by molar-refractivity contribution is -0.385. The number of rotatable bonds is 6. The number of amides is 1. The zero-order chi connectivity index (χ0) is 19.3. The number of nitriles is 1. The molecule has 1 aliphatic carbocycles. The van der Waals surface area contributed by atoms with Crippen LogP contribution >= 0.6 is 0 Å². The molecule has 1 amide bonds. The largest absolute Gasteiger partial charge is 0.349 e. The zero-order valence-corrected chi connectivity index (χ0v) is 14.9. The number of nitro benzene ring substituents is 1. The second-order valence-electron chi connectivity index (χ2n) is 6.74. The van der Waals surface area contributed by atoms with E-state index in [1.54, 1.807) is 38.4 Å². The van der Waals surface area contributed by atoms with Crippen LogP contribution in [0.1, 0.15) is 37.7 Å². The third-order valence-electron chi connectivity index (χ3n) is 4.73. The fraction of sp³-hybridized carbons (Fsp3) is 0.421. The first-order chi connectivity index (χ1) is 12.3. The van der Waals surface area contributed by atoms with E-state index in [4.69, 9.17) is 5.26 Å². The highest BCUT2D eigenvalue weighted by Gasteiger charge is 2.37. The Morgan fingerprint density at radius 2 is 2.08 bits per heavy atom. The topological polar surface area (TPSA) is 104 Å². The van der Waals surface area contributed by atoms with Gasteiger partial charge in [0.1, 0.15) is 0 Å². The van der Waals surface area contributed by atoms with Crippen molar-refractivity contribution in [3.8, 4) is 6.07 Å². The molecule has 0 N–H and O–H groups in total. The van der Waals surface area contributed by atoms with E-state index in [0.717, 1.165) is 0 Å². The van der Waals surface area contributed by atoms with Gasteiger partial charge in [-0.2, -0.15) is 5.26 Å². The third-order valence-corrected chi connectivity index (χ3v) is 4.73. The lowest BCUT2D eigenvalue weighted by Gasteiger charge is -2.34. The Balaban J connectivity index is 2.54. The molecule has 0 radical (unpaired) electrons. The molecule has 1 aromatic rings. The quantitative estimate of drug-likeness (QED) is 0.576. The van der Waals surface area contributed by atoms with Crippen LogP contribution in [0.3, 0.4) is 0 Å². The molecule has 1 atom stereocenters. The van der Waals surface area contributed by atoms with Crippen molar-refractivity contribution >= 4 is 23.0 Å².